The minimum absolute atomic E-state index is 0.0182. The van der Waals surface area contributed by atoms with E-state index in [-0.39, 0.29) is 48.4 Å². The van der Waals surface area contributed by atoms with Gasteiger partial charge in [0.25, 0.3) is 0 Å². The smallest absolute Gasteiger partial charge is 0.353 e. The molecule has 10 nitrogen and oxygen atoms in total. The molecule has 2 aliphatic heterocycles. The van der Waals surface area contributed by atoms with Crippen molar-refractivity contribution in [1.29, 1.82) is 0 Å². The van der Waals surface area contributed by atoms with Crippen LogP contribution in [0.1, 0.15) is 43.2 Å². The van der Waals surface area contributed by atoms with Crippen molar-refractivity contribution in [3.63, 3.8) is 0 Å². The number of rotatable bonds is 8. The zero-order valence-electron chi connectivity index (χ0n) is 22.0. The van der Waals surface area contributed by atoms with Gasteiger partial charge in [0.15, 0.2) is 10.0 Å². The highest BCUT2D eigenvalue weighted by Crippen LogP contribution is 2.83. The molecule has 1 aromatic carbocycles. The molecule has 3 aromatic rings. The molecule has 0 amide bonds. The predicted molar refractivity (Wildman–Crippen MR) is 146 cm³/mol. The van der Waals surface area contributed by atoms with E-state index in [4.69, 9.17) is 22.5 Å². The fraction of sp³-hybridized carbons (Fsp3) is 0.423. The lowest BCUT2D eigenvalue weighted by Crippen LogP contribution is -2.31. The fourth-order valence-corrected chi connectivity index (χ4v) is 10.7. The van der Waals surface area contributed by atoms with Gasteiger partial charge >= 0.3 is 15.2 Å². The zero-order valence-corrected chi connectivity index (χ0v) is 24.6. The average molecular weight is 611 g/mol. The number of nitrogens with zero attached hydrogens (tertiary/aromatic N) is 2. The van der Waals surface area contributed by atoms with E-state index >= 15 is 0 Å². The molecule has 4 heterocycles. The Morgan fingerprint density at radius 3 is 2.20 bits per heavy atom. The number of hydrogen-bond acceptors (Lipinski definition) is 11. The molecule has 2 aliphatic rings. The van der Waals surface area contributed by atoms with E-state index in [1.54, 1.807) is 31.5 Å². The molecule has 0 atom stereocenters. The van der Waals surface area contributed by atoms with Crippen LogP contribution in [0.25, 0.3) is 11.5 Å². The van der Waals surface area contributed by atoms with Gasteiger partial charge in [-0.05, 0) is 68.3 Å². The van der Waals surface area contributed by atoms with Crippen LogP contribution in [0.5, 0.6) is 0 Å². The van der Waals surface area contributed by atoms with Gasteiger partial charge in [0.2, 0.25) is 5.89 Å². The van der Waals surface area contributed by atoms with Crippen LogP contribution in [0.3, 0.4) is 0 Å². The van der Waals surface area contributed by atoms with Crippen molar-refractivity contribution < 1.29 is 40.8 Å². The second kappa shape index (κ2) is 12.0. The Balaban J connectivity index is 1.37. The molecule has 0 bridgehead atoms. The largest absolute Gasteiger partial charge is 0.441 e. The van der Waals surface area contributed by atoms with Crippen molar-refractivity contribution in [1.82, 2.24) is 9.97 Å². The van der Waals surface area contributed by atoms with E-state index in [0.29, 0.717) is 48.4 Å². The van der Waals surface area contributed by atoms with Crippen molar-refractivity contribution in [3.05, 3.63) is 65.6 Å². The summed E-state index contributed by atoms with van der Waals surface area (Å²) in [4.78, 5) is 19.5. The Kier molecular flexibility index (Phi) is 8.78. The highest BCUT2D eigenvalue weighted by Gasteiger charge is 2.64. The molecule has 0 saturated carbocycles. The molecule has 0 N–H and O–H groups in total. The van der Waals surface area contributed by atoms with E-state index in [9.17, 15) is 18.3 Å². The van der Waals surface area contributed by atoms with Crippen LogP contribution in [0.15, 0.2) is 52.0 Å². The minimum atomic E-state index is -4.09. The summed E-state index contributed by atoms with van der Waals surface area (Å²) in [6.07, 6.45) is 4.65. The summed E-state index contributed by atoms with van der Waals surface area (Å²) in [7, 11) is -8.19. The van der Waals surface area contributed by atoms with E-state index in [1.807, 2.05) is 0 Å². The first-order valence-corrected chi connectivity index (χ1v) is 16.7. The Morgan fingerprint density at radius 1 is 1.00 bits per heavy atom. The minimum Gasteiger partial charge on any atom is -0.441 e. The van der Waals surface area contributed by atoms with Crippen LogP contribution in [0.2, 0.25) is 0 Å². The number of halogens is 1. The number of thioether (sulfide) groups is 1. The van der Waals surface area contributed by atoms with Crippen LogP contribution < -0.4 is 0 Å². The summed E-state index contributed by atoms with van der Waals surface area (Å²) in [5, 5.41) is -0.320. The number of aromatic nitrogens is 2. The Labute approximate surface area is 235 Å². The molecule has 214 valence electrons. The van der Waals surface area contributed by atoms with Gasteiger partial charge in [-0.1, -0.05) is 6.07 Å². The molecular formula is C26H29FN2O8P2S. The summed E-state index contributed by atoms with van der Waals surface area (Å²) < 4.78 is 71.1. The van der Waals surface area contributed by atoms with Gasteiger partial charge in [0.05, 0.1) is 37.0 Å². The number of benzene rings is 1. The van der Waals surface area contributed by atoms with Gasteiger partial charge in [0, 0.05) is 30.8 Å². The molecule has 2 fully saturated rings. The number of carbonyl (C=O) groups excluding carboxylic acids is 1. The average Bonchev–Trinajstić information content (AvgIpc) is 3.34. The summed E-state index contributed by atoms with van der Waals surface area (Å²) >= 11 is 0.697. The molecule has 14 heteroatoms. The summed E-state index contributed by atoms with van der Waals surface area (Å²) in [6, 6.07) is 7.39. The van der Waals surface area contributed by atoms with Crippen LogP contribution in [-0.4, -0.2) is 41.5 Å². The lowest BCUT2D eigenvalue weighted by Gasteiger charge is -2.43. The molecule has 0 spiro atoms. The summed E-state index contributed by atoms with van der Waals surface area (Å²) in [5.74, 6) is 0.356. The molecule has 40 heavy (non-hydrogen) atoms. The predicted octanol–water partition coefficient (Wildman–Crippen LogP) is 6.87. The van der Waals surface area contributed by atoms with Gasteiger partial charge < -0.3 is 22.5 Å². The second-order valence-electron chi connectivity index (χ2n) is 9.43. The topological polar surface area (TPSA) is 127 Å². The van der Waals surface area contributed by atoms with E-state index < -0.39 is 25.9 Å². The van der Waals surface area contributed by atoms with Crippen LogP contribution in [-0.2, 0) is 43.3 Å². The third-order valence-electron chi connectivity index (χ3n) is 6.78. The number of carbonyl (C=O) groups is 1. The first-order valence-electron chi connectivity index (χ1n) is 12.8. The maximum Gasteiger partial charge on any atom is 0.353 e. The zero-order chi connectivity index (χ0) is 28.4. The number of pyridine rings is 1. The van der Waals surface area contributed by atoms with E-state index in [2.05, 4.69) is 9.97 Å². The third kappa shape index (κ3) is 5.63. The molecule has 0 unspecified atom stereocenters. The van der Waals surface area contributed by atoms with Gasteiger partial charge in [-0.2, -0.15) is 0 Å². The molecule has 2 aromatic heterocycles. The standard InChI is InChI=1S/C26H29FN2O8P2S/c1-18-22(29-25(37-18)19-9-11-28-12-10-19)7-8-24(30)40-23-17-20(5-6-21(23)27)26(2,38(31)33-13-3-14-34-38)39(32)35-15-4-16-36-39/h5-6,9-12,17H,3-4,7-8,13-16H2,1-2H3. The van der Waals surface area contributed by atoms with Crippen molar-refractivity contribution in [3.8, 4) is 11.5 Å². The van der Waals surface area contributed by atoms with Gasteiger partial charge in [0.1, 0.15) is 11.6 Å². The molecule has 0 aliphatic carbocycles. The SMILES string of the molecule is Cc1oc(-c2ccncc2)nc1CCC(=O)Sc1cc(C(C)(P2(=O)OCCCO2)P2(=O)OCCCO2)ccc1F. The van der Waals surface area contributed by atoms with Gasteiger partial charge in [-0.25, -0.2) is 9.37 Å². The molecule has 5 rings (SSSR count). The van der Waals surface area contributed by atoms with Crippen LogP contribution in [0.4, 0.5) is 4.39 Å². The quantitative estimate of drug-likeness (QED) is 0.196. The maximum atomic E-state index is 14.9. The number of hydrogen-bond donors (Lipinski definition) is 0. The lowest BCUT2D eigenvalue weighted by atomic mass is 10.1. The first kappa shape index (κ1) is 29.3. The Hall–Kier alpha value is -2.17. The molecule has 0 radical (unpaired) electrons. The van der Waals surface area contributed by atoms with E-state index in [1.165, 1.54) is 19.1 Å². The third-order valence-corrected chi connectivity index (χ3v) is 14.0. The first-order chi connectivity index (χ1) is 19.2. The van der Waals surface area contributed by atoms with Gasteiger partial charge in [-0.3, -0.25) is 18.9 Å². The Morgan fingerprint density at radius 2 is 1.60 bits per heavy atom. The van der Waals surface area contributed by atoms with Crippen molar-refractivity contribution in [2.75, 3.05) is 26.4 Å². The van der Waals surface area contributed by atoms with Crippen molar-refractivity contribution >= 4 is 32.1 Å². The summed E-state index contributed by atoms with van der Waals surface area (Å²) in [6.45, 7) is 3.75. The van der Waals surface area contributed by atoms with Crippen molar-refractivity contribution in [2.24, 2.45) is 0 Å². The van der Waals surface area contributed by atoms with Crippen LogP contribution in [0, 0.1) is 12.7 Å². The maximum absolute atomic E-state index is 14.9. The van der Waals surface area contributed by atoms with Crippen LogP contribution >= 0.6 is 27.0 Å². The second-order valence-corrected chi connectivity index (χ2v) is 15.7. The summed E-state index contributed by atoms with van der Waals surface area (Å²) in [5.41, 5.74) is 1.56. The number of aryl methyl sites for hydroxylation is 2. The number of oxazole rings is 1. The lowest BCUT2D eigenvalue weighted by molar-refractivity contribution is -0.111. The fourth-order valence-electron chi connectivity index (χ4n) is 4.45. The van der Waals surface area contributed by atoms with Gasteiger partial charge in [-0.15, -0.1) is 0 Å². The van der Waals surface area contributed by atoms with E-state index in [0.717, 1.165) is 11.6 Å². The monoisotopic (exact) mass is 610 g/mol. The highest BCUT2D eigenvalue weighted by molar-refractivity contribution is 8.13. The van der Waals surface area contributed by atoms with Crippen molar-refractivity contribution in [2.45, 2.75) is 49.3 Å². The molecular weight excluding hydrogens is 581 g/mol. The normalized spacial score (nSPS) is 18.9. The highest BCUT2D eigenvalue weighted by atomic mass is 32.2. The molecule has 2 saturated heterocycles. The Bertz CT molecular complexity index is 1430.